The van der Waals surface area contributed by atoms with Crippen molar-refractivity contribution in [3.8, 4) is 0 Å². The Hall–Kier alpha value is -1.95. The SMILES string of the molecule is CC(C)NC(=O)[C@@H]1C[C@@H](N)CN1C(=O)c1ccncc1. The molecule has 2 amide bonds. The van der Waals surface area contributed by atoms with Crippen molar-refractivity contribution in [2.45, 2.75) is 38.4 Å². The van der Waals surface area contributed by atoms with Gasteiger partial charge in [-0.25, -0.2) is 0 Å². The van der Waals surface area contributed by atoms with Crippen LogP contribution in [0.2, 0.25) is 0 Å². The molecular formula is C14H20N4O2. The summed E-state index contributed by atoms with van der Waals surface area (Å²) in [4.78, 5) is 30.1. The second kappa shape index (κ2) is 6.00. The van der Waals surface area contributed by atoms with Crippen LogP contribution in [0.1, 0.15) is 30.6 Å². The van der Waals surface area contributed by atoms with E-state index in [-0.39, 0.29) is 23.9 Å². The molecule has 1 aliphatic rings. The van der Waals surface area contributed by atoms with Gasteiger partial charge < -0.3 is 16.0 Å². The molecule has 1 aromatic rings. The van der Waals surface area contributed by atoms with Crippen LogP contribution in [0.25, 0.3) is 0 Å². The number of rotatable bonds is 3. The summed E-state index contributed by atoms with van der Waals surface area (Å²) in [6.07, 6.45) is 3.62. The van der Waals surface area contributed by atoms with Crippen LogP contribution in [0.4, 0.5) is 0 Å². The van der Waals surface area contributed by atoms with Crippen LogP contribution in [-0.4, -0.2) is 46.4 Å². The van der Waals surface area contributed by atoms with E-state index in [2.05, 4.69) is 10.3 Å². The van der Waals surface area contributed by atoms with Gasteiger partial charge in [0.2, 0.25) is 5.91 Å². The van der Waals surface area contributed by atoms with E-state index in [0.29, 0.717) is 18.5 Å². The fourth-order valence-corrected chi connectivity index (χ4v) is 2.38. The Morgan fingerprint density at radius 3 is 2.65 bits per heavy atom. The third kappa shape index (κ3) is 3.14. The standard InChI is InChI=1S/C14H20N4O2/c1-9(2)17-13(19)12-7-11(15)8-18(12)14(20)10-3-5-16-6-4-10/h3-6,9,11-12H,7-8,15H2,1-2H3,(H,17,19)/t11-,12+/m1/s1. The van der Waals surface area contributed by atoms with Gasteiger partial charge in [0, 0.05) is 36.6 Å². The molecule has 0 radical (unpaired) electrons. The number of pyridine rings is 1. The average molecular weight is 276 g/mol. The number of likely N-dealkylation sites (tertiary alicyclic amines) is 1. The van der Waals surface area contributed by atoms with E-state index in [1.54, 1.807) is 29.4 Å². The second-order valence-corrected chi connectivity index (χ2v) is 5.37. The minimum Gasteiger partial charge on any atom is -0.352 e. The number of nitrogens with two attached hydrogens (primary N) is 1. The summed E-state index contributed by atoms with van der Waals surface area (Å²) in [7, 11) is 0. The van der Waals surface area contributed by atoms with Crippen LogP contribution in [0.3, 0.4) is 0 Å². The molecule has 0 spiro atoms. The molecule has 0 aliphatic carbocycles. The summed E-state index contributed by atoms with van der Waals surface area (Å²) in [5.41, 5.74) is 6.44. The Bertz CT molecular complexity index is 489. The maximum absolute atomic E-state index is 12.5. The van der Waals surface area contributed by atoms with Gasteiger partial charge in [-0.2, -0.15) is 0 Å². The summed E-state index contributed by atoms with van der Waals surface area (Å²) in [5, 5.41) is 2.84. The Kier molecular flexibility index (Phi) is 4.34. The summed E-state index contributed by atoms with van der Waals surface area (Å²) >= 11 is 0. The molecule has 6 heteroatoms. The lowest BCUT2D eigenvalue weighted by Crippen LogP contribution is -2.47. The average Bonchev–Trinajstić information content (AvgIpc) is 2.80. The zero-order chi connectivity index (χ0) is 14.7. The van der Waals surface area contributed by atoms with E-state index in [0.717, 1.165) is 0 Å². The third-order valence-electron chi connectivity index (χ3n) is 3.26. The first kappa shape index (κ1) is 14.5. The Morgan fingerprint density at radius 1 is 1.40 bits per heavy atom. The van der Waals surface area contributed by atoms with Crippen molar-refractivity contribution in [2.75, 3.05) is 6.54 Å². The third-order valence-corrected chi connectivity index (χ3v) is 3.26. The number of aromatic nitrogens is 1. The topological polar surface area (TPSA) is 88.3 Å². The highest BCUT2D eigenvalue weighted by Gasteiger charge is 2.38. The molecule has 6 nitrogen and oxygen atoms in total. The van der Waals surface area contributed by atoms with Crippen LogP contribution in [0.5, 0.6) is 0 Å². The Morgan fingerprint density at radius 2 is 2.05 bits per heavy atom. The van der Waals surface area contributed by atoms with Gasteiger partial charge in [0.25, 0.3) is 5.91 Å². The van der Waals surface area contributed by atoms with E-state index in [1.165, 1.54) is 0 Å². The first-order chi connectivity index (χ1) is 9.49. The molecule has 0 unspecified atom stereocenters. The van der Waals surface area contributed by atoms with Crippen LogP contribution >= 0.6 is 0 Å². The number of nitrogens with one attached hydrogen (secondary N) is 1. The van der Waals surface area contributed by atoms with Gasteiger partial charge >= 0.3 is 0 Å². The maximum Gasteiger partial charge on any atom is 0.254 e. The van der Waals surface area contributed by atoms with E-state index in [9.17, 15) is 9.59 Å². The largest absolute Gasteiger partial charge is 0.352 e. The maximum atomic E-state index is 12.5. The number of carbonyl (C=O) groups is 2. The highest BCUT2D eigenvalue weighted by Crippen LogP contribution is 2.19. The van der Waals surface area contributed by atoms with Crippen molar-refractivity contribution in [1.29, 1.82) is 0 Å². The second-order valence-electron chi connectivity index (χ2n) is 5.37. The minimum absolute atomic E-state index is 0.0391. The lowest BCUT2D eigenvalue weighted by atomic mass is 10.1. The van der Waals surface area contributed by atoms with Gasteiger partial charge in [-0.3, -0.25) is 14.6 Å². The number of amides is 2. The predicted octanol–water partition coefficient (Wildman–Crippen LogP) is 0.148. The van der Waals surface area contributed by atoms with Crippen LogP contribution in [0.15, 0.2) is 24.5 Å². The van der Waals surface area contributed by atoms with Gasteiger partial charge in [0.15, 0.2) is 0 Å². The molecule has 0 aromatic carbocycles. The van der Waals surface area contributed by atoms with E-state index in [1.807, 2.05) is 13.8 Å². The molecule has 1 saturated heterocycles. The van der Waals surface area contributed by atoms with Gasteiger partial charge in [-0.15, -0.1) is 0 Å². The number of nitrogens with zero attached hydrogens (tertiary/aromatic N) is 2. The molecule has 2 heterocycles. The summed E-state index contributed by atoms with van der Waals surface area (Å²) < 4.78 is 0. The quantitative estimate of drug-likeness (QED) is 0.822. The van der Waals surface area contributed by atoms with Crippen LogP contribution in [0, 0.1) is 0 Å². The van der Waals surface area contributed by atoms with Gasteiger partial charge in [-0.1, -0.05) is 0 Å². The molecule has 2 rings (SSSR count). The lowest BCUT2D eigenvalue weighted by molar-refractivity contribution is -0.125. The van der Waals surface area contributed by atoms with E-state index in [4.69, 9.17) is 5.73 Å². The van der Waals surface area contributed by atoms with Crippen LogP contribution in [-0.2, 0) is 4.79 Å². The van der Waals surface area contributed by atoms with Gasteiger partial charge in [0.05, 0.1) is 0 Å². The van der Waals surface area contributed by atoms with Crippen molar-refractivity contribution in [1.82, 2.24) is 15.2 Å². The molecule has 2 atom stereocenters. The molecule has 0 bridgehead atoms. The molecule has 3 N–H and O–H groups in total. The molecule has 0 saturated carbocycles. The molecule has 108 valence electrons. The zero-order valence-corrected chi connectivity index (χ0v) is 11.7. The van der Waals surface area contributed by atoms with Gasteiger partial charge in [-0.05, 0) is 32.4 Å². The fraction of sp³-hybridized carbons (Fsp3) is 0.500. The summed E-state index contributed by atoms with van der Waals surface area (Å²) in [6, 6.07) is 2.67. The van der Waals surface area contributed by atoms with Crippen molar-refractivity contribution >= 4 is 11.8 Å². The highest BCUT2D eigenvalue weighted by molar-refractivity contribution is 5.98. The summed E-state index contributed by atoms with van der Waals surface area (Å²) in [6.45, 7) is 4.18. The Balaban J connectivity index is 2.16. The number of hydrogen-bond donors (Lipinski definition) is 2. The number of carbonyl (C=O) groups excluding carboxylic acids is 2. The molecule has 1 aromatic heterocycles. The lowest BCUT2D eigenvalue weighted by Gasteiger charge is -2.24. The molecule has 1 aliphatic heterocycles. The first-order valence-electron chi connectivity index (χ1n) is 6.76. The first-order valence-corrected chi connectivity index (χ1v) is 6.76. The molecule has 20 heavy (non-hydrogen) atoms. The van der Waals surface area contributed by atoms with E-state index < -0.39 is 6.04 Å². The van der Waals surface area contributed by atoms with E-state index >= 15 is 0 Å². The minimum atomic E-state index is -0.493. The normalized spacial score (nSPS) is 22.1. The molecule has 1 fully saturated rings. The number of hydrogen-bond acceptors (Lipinski definition) is 4. The summed E-state index contributed by atoms with van der Waals surface area (Å²) in [5.74, 6) is -0.320. The zero-order valence-electron chi connectivity index (χ0n) is 11.7. The highest BCUT2D eigenvalue weighted by atomic mass is 16.2. The smallest absolute Gasteiger partial charge is 0.254 e. The fourth-order valence-electron chi connectivity index (χ4n) is 2.38. The van der Waals surface area contributed by atoms with Crippen LogP contribution < -0.4 is 11.1 Å². The monoisotopic (exact) mass is 276 g/mol. The van der Waals surface area contributed by atoms with Crippen molar-refractivity contribution in [3.05, 3.63) is 30.1 Å². The predicted molar refractivity (Wildman–Crippen MR) is 74.9 cm³/mol. The van der Waals surface area contributed by atoms with Crippen molar-refractivity contribution in [2.24, 2.45) is 5.73 Å². The van der Waals surface area contributed by atoms with Gasteiger partial charge in [0.1, 0.15) is 6.04 Å². The molecular weight excluding hydrogens is 256 g/mol. The van der Waals surface area contributed by atoms with Crippen molar-refractivity contribution in [3.63, 3.8) is 0 Å². The Labute approximate surface area is 118 Å². The van der Waals surface area contributed by atoms with Crippen molar-refractivity contribution < 1.29 is 9.59 Å².